The number of aromatic nitrogens is 3. The first-order valence-electron chi connectivity index (χ1n) is 8.96. The average molecular weight is 355 g/mol. The summed E-state index contributed by atoms with van der Waals surface area (Å²) in [5.74, 6) is -0.306. The van der Waals surface area contributed by atoms with Crippen molar-refractivity contribution in [3.8, 4) is 0 Å². The van der Waals surface area contributed by atoms with E-state index in [0.717, 1.165) is 31.5 Å². The summed E-state index contributed by atoms with van der Waals surface area (Å²) in [7, 11) is 0. The van der Waals surface area contributed by atoms with Crippen LogP contribution < -0.4 is 5.56 Å². The SMILES string of the molecule is O=C(c1cnn2c1CCCC2)N1CCN(C(=O)c2ccc[nH]c2=O)CC1. The molecule has 8 nitrogen and oxygen atoms in total. The molecular formula is C18H21N5O3. The van der Waals surface area contributed by atoms with Crippen LogP contribution in [-0.4, -0.2) is 62.6 Å². The molecule has 0 atom stereocenters. The molecule has 136 valence electrons. The van der Waals surface area contributed by atoms with Gasteiger partial charge in [-0.1, -0.05) is 0 Å². The smallest absolute Gasteiger partial charge is 0.260 e. The highest BCUT2D eigenvalue weighted by atomic mass is 16.2. The quantitative estimate of drug-likeness (QED) is 0.849. The number of rotatable bonds is 2. The van der Waals surface area contributed by atoms with Crippen molar-refractivity contribution in [2.24, 2.45) is 0 Å². The van der Waals surface area contributed by atoms with Crippen LogP contribution in [0, 0.1) is 0 Å². The number of H-pyrrole nitrogens is 1. The lowest BCUT2D eigenvalue weighted by atomic mass is 10.1. The molecule has 2 amide bonds. The summed E-state index contributed by atoms with van der Waals surface area (Å²) in [5.41, 5.74) is 1.46. The molecule has 0 unspecified atom stereocenters. The van der Waals surface area contributed by atoms with Gasteiger partial charge in [-0.15, -0.1) is 0 Å². The third-order valence-corrected chi connectivity index (χ3v) is 5.12. The number of hydrogen-bond acceptors (Lipinski definition) is 4. The highest BCUT2D eigenvalue weighted by Crippen LogP contribution is 2.20. The van der Waals surface area contributed by atoms with Crippen molar-refractivity contribution in [2.75, 3.05) is 26.2 Å². The van der Waals surface area contributed by atoms with E-state index < -0.39 is 0 Å². The molecule has 2 aromatic rings. The Labute approximate surface area is 150 Å². The molecule has 0 aromatic carbocycles. The van der Waals surface area contributed by atoms with E-state index in [4.69, 9.17) is 0 Å². The molecule has 2 aliphatic heterocycles. The van der Waals surface area contributed by atoms with Gasteiger partial charge in [-0.3, -0.25) is 19.1 Å². The van der Waals surface area contributed by atoms with Crippen LogP contribution in [0.15, 0.2) is 29.3 Å². The highest BCUT2D eigenvalue weighted by Gasteiger charge is 2.29. The second-order valence-corrected chi connectivity index (χ2v) is 6.68. The summed E-state index contributed by atoms with van der Waals surface area (Å²) in [4.78, 5) is 43.1. The molecule has 2 aliphatic rings. The number of pyridine rings is 1. The van der Waals surface area contributed by atoms with E-state index >= 15 is 0 Å². The predicted octanol–water partition coefficient (Wildman–Crippen LogP) is 0.506. The second-order valence-electron chi connectivity index (χ2n) is 6.68. The van der Waals surface area contributed by atoms with E-state index in [1.54, 1.807) is 22.1 Å². The van der Waals surface area contributed by atoms with Crippen LogP contribution in [0.2, 0.25) is 0 Å². The molecule has 0 bridgehead atoms. The number of nitrogens with zero attached hydrogens (tertiary/aromatic N) is 4. The van der Waals surface area contributed by atoms with E-state index in [1.165, 1.54) is 12.3 Å². The van der Waals surface area contributed by atoms with Crippen molar-refractivity contribution in [1.29, 1.82) is 0 Å². The van der Waals surface area contributed by atoms with Gasteiger partial charge in [0, 0.05) is 38.9 Å². The Balaban J connectivity index is 1.43. The van der Waals surface area contributed by atoms with E-state index in [2.05, 4.69) is 10.1 Å². The minimum Gasteiger partial charge on any atom is -0.335 e. The lowest BCUT2D eigenvalue weighted by Crippen LogP contribution is -2.51. The number of nitrogens with one attached hydrogen (secondary N) is 1. The van der Waals surface area contributed by atoms with Crippen molar-refractivity contribution in [2.45, 2.75) is 25.8 Å². The minimum absolute atomic E-state index is 0.0159. The van der Waals surface area contributed by atoms with Crippen molar-refractivity contribution in [3.63, 3.8) is 0 Å². The first-order valence-corrected chi connectivity index (χ1v) is 8.96. The molecule has 1 saturated heterocycles. The maximum atomic E-state index is 12.8. The van der Waals surface area contributed by atoms with E-state index in [-0.39, 0.29) is 22.9 Å². The van der Waals surface area contributed by atoms with Gasteiger partial charge in [0.05, 0.1) is 17.5 Å². The average Bonchev–Trinajstić information content (AvgIpc) is 3.11. The first kappa shape index (κ1) is 16.6. The Hall–Kier alpha value is -2.90. The van der Waals surface area contributed by atoms with Crippen LogP contribution in [0.4, 0.5) is 0 Å². The molecule has 1 N–H and O–H groups in total. The van der Waals surface area contributed by atoms with E-state index in [0.29, 0.717) is 31.7 Å². The number of amides is 2. The standard InChI is InChI=1S/C18H21N5O3/c24-16-13(4-3-6-19-16)17(25)21-8-10-22(11-9-21)18(26)14-12-20-23-7-2-1-5-15(14)23/h3-4,6,12H,1-2,5,7-11H2,(H,19,24). The molecule has 1 fully saturated rings. The van der Waals surface area contributed by atoms with Crippen LogP contribution in [0.25, 0.3) is 0 Å². The zero-order chi connectivity index (χ0) is 18.1. The molecule has 4 heterocycles. The summed E-state index contributed by atoms with van der Waals surface area (Å²) in [6.45, 7) is 2.63. The lowest BCUT2D eigenvalue weighted by molar-refractivity contribution is 0.0533. The topological polar surface area (TPSA) is 91.3 Å². The Bertz CT molecular complexity index is 892. The minimum atomic E-state index is -0.387. The summed E-state index contributed by atoms with van der Waals surface area (Å²) in [6, 6.07) is 3.16. The van der Waals surface area contributed by atoms with Gasteiger partial charge in [0.25, 0.3) is 17.4 Å². The van der Waals surface area contributed by atoms with Crippen molar-refractivity contribution in [1.82, 2.24) is 24.6 Å². The number of hydrogen-bond donors (Lipinski definition) is 1. The largest absolute Gasteiger partial charge is 0.335 e. The highest BCUT2D eigenvalue weighted by molar-refractivity contribution is 5.96. The Morgan fingerprint density at radius 1 is 0.962 bits per heavy atom. The van der Waals surface area contributed by atoms with Crippen LogP contribution >= 0.6 is 0 Å². The number of carbonyl (C=O) groups excluding carboxylic acids is 2. The number of piperazine rings is 1. The van der Waals surface area contributed by atoms with Gasteiger partial charge in [-0.05, 0) is 31.4 Å². The molecule has 26 heavy (non-hydrogen) atoms. The fraction of sp³-hybridized carbons (Fsp3) is 0.444. The van der Waals surface area contributed by atoms with Gasteiger partial charge >= 0.3 is 0 Å². The van der Waals surface area contributed by atoms with Crippen LogP contribution in [0.5, 0.6) is 0 Å². The Morgan fingerprint density at radius 2 is 1.65 bits per heavy atom. The Kier molecular flexibility index (Phi) is 4.32. The van der Waals surface area contributed by atoms with Gasteiger partial charge in [-0.2, -0.15) is 5.10 Å². The normalized spacial score (nSPS) is 17.1. The van der Waals surface area contributed by atoms with Gasteiger partial charge in [0.15, 0.2) is 0 Å². The van der Waals surface area contributed by atoms with Crippen molar-refractivity contribution >= 4 is 11.8 Å². The predicted molar refractivity (Wildman–Crippen MR) is 94.0 cm³/mol. The number of fused-ring (bicyclic) bond motifs is 1. The molecule has 8 heteroatoms. The lowest BCUT2D eigenvalue weighted by Gasteiger charge is -2.34. The third kappa shape index (κ3) is 2.91. The van der Waals surface area contributed by atoms with Crippen molar-refractivity contribution < 1.29 is 9.59 Å². The zero-order valence-corrected chi connectivity index (χ0v) is 14.5. The molecule has 0 aliphatic carbocycles. The molecular weight excluding hydrogens is 334 g/mol. The van der Waals surface area contributed by atoms with E-state index in [1.807, 2.05) is 4.68 Å². The van der Waals surface area contributed by atoms with Crippen LogP contribution in [0.1, 0.15) is 39.3 Å². The zero-order valence-electron chi connectivity index (χ0n) is 14.5. The molecule has 0 saturated carbocycles. The number of aryl methyl sites for hydroxylation is 1. The summed E-state index contributed by atoms with van der Waals surface area (Å²) in [5, 5.41) is 4.33. The van der Waals surface area contributed by atoms with Gasteiger partial charge in [-0.25, -0.2) is 0 Å². The maximum absolute atomic E-state index is 12.8. The fourth-order valence-electron chi connectivity index (χ4n) is 3.64. The molecule has 0 radical (unpaired) electrons. The molecule has 2 aromatic heterocycles. The van der Waals surface area contributed by atoms with Gasteiger partial charge in [0.1, 0.15) is 5.56 Å². The Morgan fingerprint density at radius 3 is 2.35 bits per heavy atom. The summed E-state index contributed by atoms with van der Waals surface area (Å²) in [6.07, 6.45) is 6.24. The molecule has 4 rings (SSSR count). The van der Waals surface area contributed by atoms with Crippen molar-refractivity contribution in [3.05, 3.63) is 51.7 Å². The number of aromatic amines is 1. The second kappa shape index (κ2) is 6.78. The van der Waals surface area contributed by atoms with Crippen LogP contribution in [0.3, 0.4) is 0 Å². The van der Waals surface area contributed by atoms with Gasteiger partial charge < -0.3 is 14.8 Å². The van der Waals surface area contributed by atoms with Gasteiger partial charge in [0.2, 0.25) is 0 Å². The first-order chi connectivity index (χ1) is 12.6. The summed E-state index contributed by atoms with van der Waals surface area (Å²) < 4.78 is 1.93. The monoisotopic (exact) mass is 355 g/mol. The molecule has 0 spiro atoms. The van der Waals surface area contributed by atoms with Crippen LogP contribution in [-0.2, 0) is 13.0 Å². The third-order valence-electron chi connectivity index (χ3n) is 5.12. The fourth-order valence-corrected chi connectivity index (χ4v) is 3.64. The summed E-state index contributed by atoms with van der Waals surface area (Å²) >= 11 is 0. The number of carbonyl (C=O) groups is 2. The maximum Gasteiger partial charge on any atom is 0.260 e. The van der Waals surface area contributed by atoms with E-state index in [9.17, 15) is 14.4 Å².